The fourth-order valence-electron chi connectivity index (χ4n) is 2.05. The molecule has 112 valence electrons. The lowest BCUT2D eigenvalue weighted by Gasteiger charge is -2.12. The van der Waals surface area contributed by atoms with Crippen molar-refractivity contribution in [3.63, 3.8) is 0 Å². The summed E-state index contributed by atoms with van der Waals surface area (Å²) in [7, 11) is -3.67. The number of anilines is 2. The number of aliphatic hydroxyl groups is 1. The van der Waals surface area contributed by atoms with Gasteiger partial charge in [0.15, 0.2) is 0 Å². The van der Waals surface area contributed by atoms with Gasteiger partial charge in [0.2, 0.25) is 9.84 Å². The first-order valence-corrected chi connectivity index (χ1v) is 8.05. The third-order valence-electron chi connectivity index (χ3n) is 3.09. The van der Waals surface area contributed by atoms with E-state index in [1.807, 2.05) is 6.92 Å². The second kappa shape index (κ2) is 6.15. The number of nitrogens with one attached hydrogen (secondary N) is 1. The molecule has 0 aliphatic carbocycles. The standard InChI is InChI=1S/C15H18N2O3S/c1-2-17-13-5-8-15(11(9-13)10-18)21(19,20)14-6-3-12(16)4-7-14/h3-9,17-18H,2,10,16H2,1H3. The van der Waals surface area contributed by atoms with Gasteiger partial charge in [-0.2, -0.15) is 0 Å². The highest BCUT2D eigenvalue weighted by Gasteiger charge is 2.21. The van der Waals surface area contributed by atoms with Crippen molar-refractivity contribution in [1.82, 2.24) is 0 Å². The minimum absolute atomic E-state index is 0.108. The van der Waals surface area contributed by atoms with Crippen LogP contribution in [-0.4, -0.2) is 20.1 Å². The second-order valence-electron chi connectivity index (χ2n) is 4.58. The maximum Gasteiger partial charge on any atom is 0.206 e. The van der Waals surface area contributed by atoms with Gasteiger partial charge >= 0.3 is 0 Å². The van der Waals surface area contributed by atoms with Crippen molar-refractivity contribution in [1.29, 1.82) is 0 Å². The largest absolute Gasteiger partial charge is 0.399 e. The number of benzene rings is 2. The van der Waals surface area contributed by atoms with Crippen LogP contribution in [0.25, 0.3) is 0 Å². The summed E-state index contributed by atoms with van der Waals surface area (Å²) in [6.07, 6.45) is 0. The van der Waals surface area contributed by atoms with Gasteiger partial charge in [-0.25, -0.2) is 8.42 Å². The van der Waals surface area contributed by atoms with Crippen molar-refractivity contribution in [2.45, 2.75) is 23.3 Å². The Morgan fingerprint density at radius 2 is 1.81 bits per heavy atom. The van der Waals surface area contributed by atoms with Crippen LogP contribution >= 0.6 is 0 Å². The molecule has 0 atom stereocenters. The summed E-state index contributed by atoms with van der Waals surface area (Å²) < 4.78 is 25.2. The highest BCUT2D eigenvalue weighted by molar-refractivity contribution is 7.91. The van der Waals surface area contributed by atoms with E-state index in [0.29, 0.717) is 11.3 Å². The fourth-order valence-corrected chi connectivity index (χ4v) is 3.52. The minimum Gasteiger partial charge on any atom is -0.399 e. The number of rotatable bonds is 5. The Morgan fingerprint density at radius 3 is 2.38 bits per heavy atom. The molecule has 4 N–H and O–H groups in total. The molecule has 21 heavy (non-hydrogen) atoms. The first-order chi connectivity index (χ1) is 9.98. The Balaban J connectivity index is 2.51. The molecule has 2 aromatic carbocycles. The third kappa shape index (κ3) is 3.17. The molecule has 0 unspecified atom stereocenters. The van der Waals surface area contributed by atoms with Crippen molar-refractivity contribution in [3.8, 4) is 0 Å². The Hall–Kier alpha value is -2.05. The number of nitrogens with two attached hydrogens (primary N) is 1. The summed E-state index contributed by atoms with van der Waals surface area (Å²) in [5.41, 5.74) is 7.22. The molecule has 6 heteroatoms. The molecule has 0 aliphatic rings. The van der Waals surface area contributed by atoms with Crippen LogP contribution in [-0.2, 0) is 16.4 Å². The van der Waals surface area contributed by atoms with E-state index in [4.69, 9.17) is 5.73 Å². The molecule has 2 rings (SSSR count). The van der Waals surface area contributed by atoms with E-state index in [1.165, 1.54) is 18.2 Å². The fraction of sp³-hybridized carbons (Fsp3) is 0.200. The first kappa shape index (κ1) is 15.3. The van der Waals surface area contributed by atoms with Crippen LogP contribution in [0.4, 0.5) is 11.4 Å². The second-order valence-corrected chi connectivity index (χ2v) is 6.50. The molecule has 0 aliphatic heterocycles. The minimum atomic E-state index is -3.67. The number of nitrogen functional groups attached to an aromatic ring is 1. The summed E-state index contributed by atoms with van der Waals surface area (Å²) in [5, 5.41) is 12.5. The molecule has 0 aromatic heterocycles. The molecule has 0 saturated carbocycles. The van der Waals surface area contributed by atoms with Crippen molar-refractivity contribution in [2.24, 2.45) is 0 Å². The van der Waals surface area contributed by atoms with Crippen LogP contribution in [0.3, 0.4) is 0 Å². The van der Waals surface area contributed by atoms with E-state index >= 15 is 0 Å². The molecule has 0 heterocycles. The maximum absolute atomic E-state index is 12.6. The van der Waals surface area contributed by atoms with Crippen LogP contribution < -0.4 is 11.1 Å². The van der Waals surface area contributed by atoms with Gasteiger partial charge < -0.3 is 16.2 Å². The SMILES string of the molecule is CCNc1ccc(S(=O)(=O)c2ccc(N)cc2)c(CO)c1. The third-order valence-corrected chi connectivity index (χ3v) is 4.96. The maximum atomic E-state index is 12.6. The van der Waals surface area contributed by atoms with Crippen LogP contribution in [0.5, 0.6) is 0 Å². The first-order valence-electron chi connectivity index (χ1n) is 6.57. The lowest BCUT2D eigenvalue weighted by atomic mass is 10.2. The Kier molecular flexibility index (Phi) is 4.50. The van der Waals surface area contributed by atoms with Crippen molar-refractivity contribution >= 4 is 21.2 Å². The average molecular weight is 306 g/mol. The highest BCUT2D eigenvalue weighted by atomic mass is 32.2. The van der Waals surface area contributed by atoms with Gasteiger partial charge in [-0.15, -0.1) is 0 Å². The van der Waals surface area contributed by atoms with Crippen LogP contribution in [0, 0.1) is 0 Å². The molecule has 2 aromatic rings. The molecule has 0 spiro atoms. The Morgan fingerprint density at radius 1 is 1.14 bits per heavy atom. The zero-order chi connectivity index (χ0) is 15.5. The molecule has 0 bridgehead atoms. The van der Waals surface area contributed by atoms with E-state index in [9.17, 15) is 13.5 Å². The van der Waals surface area contributed by atoms with Gasteiger partial charge in [-0.05, 0) is 55.0 Å². The monoisotopic (exact) mass is 306 g/mol. The summed E-state index contributed by atoms with van der Waals surface area (Å²) in [4.78, 5) is 0.263. The van der Waals surface area contributed by atoms with E-state index in [2.05, 4.69) is 5.32 Å². The molecule has 0 fully saturated rings. The summed E-state index contributed by atoms with van der Waals surface area (Å²) >= 11 is 0. The highest BCUT2D eigenvalue weighted by Crippen LogP contribution is 2.27. The van der Waals surface area contributed by atoms with E-state index < -0.39 is 9.84 Å². The number of aliphatic hydroxyl groups excluding tert-OH is 1. The van der Waals surface area contributed by atoms with Gasteiger partial charge in [0, 0.05) is 17.9 Å². The van der Waals surface area contributed by atoms with E-state index in [1.54, 1.807) is 24.3 Å². The van der Waals surface area contributed by atoms with Gasteiger partial charge in [0.1, 0.15) is 0 Å². The van der Waals surface area contributed by atoms with Crippen molar-refractivity contribution < 1.29 is 13.5 Å². The van der Waals surface area contributed by atoms with Gasteiger partial charge in [0.05, 0.1) is 16.4 Å². The van der Waals surface area contributed by atoms with Gasteiger partial charge in [0.25, 0.3) is 0 Å². The smallest absolute Gasteiger partial charge is 0.206 e. The van der Waals surface area contributed by atoms with Crippen LogP contribution in [0.2, 0.25) is 0 Å². The summed E-state index contributed by atoms with van der Waals surface area (Å²) in [5.74, 6) is 0. The number of sulfone groups is 1. The lowest BCUT2D eigenvalue weighted by Crippen LogP contribution is -2.07. The molecular formula is C15H18N2O3S. The molecule has 0 saturated heterocycles. The Bertz CT molecular complexity index is 725. The van der Waals surface area contributed by atoms with E-state index in [-0.39, 0.29) is 16.4 Å². The van der Waals surface area contributed by atoms with Crippen molar-refractivity contribution in [3.05, 3.63) is 48.0 Å². The zero-order valence-electron chi connectivity index (χ0n) is 11.7. The summed E-state index contributed by atoms with van der Waals surface area (Å²) in [6, 6.07) is 10.8. The predicted molar refractivity (Wildman–Crippen MR) is 82.8 cm³/mol. The zero-order valence-corrected chi connectivity index (χ0v) is 12.5. The van der Waals surface area contributed by atoms with Crippen LogP contribution in [0.15, 0.2) is 52.3 Å². The quantitative estimate of drug-likeness (QED) is 0.735. The lowest BCUT2D eigenvalue weighted by molar-refractivity contribution is 0.278. The van der Waals surface area contributed by atoms with Crippen molar-refractivity contribution in [2.75, 3.05) is 17.6 Å². The molecule has 0 amide bonds. The summed E-state index contributed by atoms with van der Waals surface area (Å²) in [6.45, 7) is 2.31. The Labute approximate surface area is 124 Å². The topological polar surface area (TPSA) is 92.4 Å². The van der Waals surface area contributed by atoms with Gasteiger partial charge in [-0.1, -0.05) is 0 Å². The van der Waals surface area contributed by atoms with Gasteiger partial charge in [-0.3, -0.25) is 0 Å². The molecule has 5 nitrogen and oxygen atoms in total. The average Bonchev–Trinajstić information content (AvgIpc) is 2.47. The molecular weight excluding hydrogens is 288 g/mol. The molecule has 0 radical (unpaired) electrons. The predicted octanol–water partition coefficient (Wildman–Crippen LogP) is 2.03. The van der Waals surface area contributed by atoms with Crippen LogP contribution in [0.1, 0.15) is 12.5 Å². The van der Waals surface area contributed by atoms with E-state index in [0.717, 1.165) is 12.2 Å². The number of hydrogen-bond acceptors (Lipinski definition) is 5. The number of hydrogen-bond donors (Lipinski definition) is 3. The normalized spacial score (nSPS) is 11.3.